The summed E-state index contributed by atoms with van der Waals surface area (Å²) in [6.07, 6.45) is 1.57. The molecule has 1 unspecified atom stereocenters. The quantitative estimate of drug-likeness (QED) is 0.173. The molecule has 0 aromatic heterocycles. The number of carbonyl (C=O) groups is 1. The van der Waals surface area contributed by atoms with E-state index in [0.717, 1.165) is 6.08 Å². The molecule has 0 heterocycles. The van der Waals surface area contributed by atoms with Crippen molar-refractivity contribution in [1.82, 2.24) is 0 Å². The van der Waals surface area contributed by atoms with Gasteiger partial charge in [0.15, 0.2) is 5.73 Å². The number of rotatable bonds is 16. The number of methoxy groups -OCH3 is 3. The minimum absolute atomic E-state index is 0.255. The monoisotopic (exact) mass is 366 g/mol. The van der Waals surface area contributed by atoms with Crippen molar-refractivity contribution in [2.24, 2.45) is 0 Å². The molecule has 0 aliphatic heterocycles. The highest BCUT2D eigenvalue weighted by Gasteiger charge is 2.52. The van der Waals surface area contributed by atoms with E-state index in [4.69, 9.17) is 32.2 Å². The first kappa shape index (κ1) is 23.2. The molecule has 0 amide bonds. The predicted octanol–water partition coefficient (Wildman–Crippen LogP) is 0.961. The van der Waals surface area contributed by atoms with Gasteiger partial charge in [0.2, 0.25) is 0 Å². The number of esters is 1. The van der Waals surface area contributed by atoms with E-state index in [0.29, 0.717) is 26.2 Å². The molecule has 0 bridgehead atoms. The molecule has 8 nitrogen and oxygen atoms in total. The molecule has 9 heteroatoms. The van der Waals surface area contributed by atoms with Crippen LogP contribution in [0.3, 0.4) is 0 Å². The first-order valence-electron chi connectivity index (χ1n) is 7.81. The van der Waals surface area contributed by atoms with Crippen molar-refractivity contribution < 1.29 is 37.0 Å². The lowest BCUT2D eigenvalue weighted by Gasteiger charge is -2.34. The fraction of sp³-hybridized carbons (Fsp3) is 0.800. The Kier molecular flexibility index (Phi) is 14.0. The number of hydrogen-bond acceptors (Lipinski definition) is 8. The van der Waals surface area contributed by atoms with Crippen molar-refractivity contribution in [2.75, 3.05) is 61.0 Å². The molecule has 0 N–H and O–H groups in total. The van der Waals surface area contributed by atoms with Gasteiger partial charge in [-0.1, -0.05) is 13.5 Å². The van der Waals surface area contributed by atoms with Gasteiger partial charge < -0.3 is 32.2 Å². The third-order valence-electron chi connectivity index (χ3n) is 2.96. The van der Waals surface area contributed by atoms with E-state index < -0.39 is 20.5 Å². The van der Waals surface area contributed by atoms with E-state index in [1.807, 2.05) is 6.92 Å². The third-order valence-corrected chi connectivity index (χ3v) is 6.10. The van der Waals surface area contributed by atoms with E-state index in [9.17, 15) is 4.79 Å². The van der Waals surface area contributed by atoms with E-state index in [1.54, 1.807) is 21.3 Å². The topological polar surface area (TPSA) is 81.7 Å². The molecule has 0 aromatic rings. The van der Waals surface area contributed by atoms with Gasteiger partial charge in [-0.2, -0.15) is 0 Å². The zero-order valence-electron chi connectivity index (χ0n) is 15.1. The molecule has 0 aromatic carbocycles. The van der Waals surface area contributed by atoms with Crippen LogP contribution in [0.1, 0.15) is 13.3 Å². The molecular formula is C15H30O8Si. The Labute approximate surface area is 145 Å². The van der Waals surface area contributed by atoms with Crippen LogP contribution in [-0.4, -0.2) is 81.5 Å². The summed E-state index contributed by atoms with van der Waals surface area (Å²) in [5.74, 6) is -0.556. The fourth-order valence-electron chi connectivity index (χ4n) is 1.80. The summed E-state index contributed by atoms with van der Waals surface area (Å²) in [6.45, 7) is 7.13. The minimum Gasteiger partial charge on any atom is -0.455 e. The Hall–Kier alpha value is -0.813. The SMILES string of the molecule is C=CC(=O)OC(CC)[Si](OCCOC)(OCCOC)OCCOC. The maximum atomic E-state index is 11.7. The zero-order valence-corrected chi connectivity index (χ0v) is 16.1. The molecule has 0 rings (SSSR count). The van der Waals surface area contributed by atoms with Gasteiger partial charge in [0.1, 0.15) is 0 Å². The summed E-state index contributed by atoms with van der Waals surface area (Å²) in [4.78, 5) is 11.7. The Morgan fingerprint density at radius 2 is 1.33 bits per heavy atom. The summed E-state index contributed by atoms with van der Waals surface area (Å²) >= 11 is 0. The molecule has 0 radical (unpaired) electrons. The predicted molar refractivity (Wildman–Crippen MR) is 89.6 cm³/mol. The minimum atomic E-state index is -3.35. The Bertz CT molecular complexity index is 313. The van der Waals surface area contributed by atoms with Crippen molar-refractivity contribution >= 4 is 14.8 Å². The number of ether oxygens (including phenoxy) is 4. The van der Waals surface area contributed by atoms with Crippen molar-refractivity contribution in [2.45, 2.75) is 19.1 Å². The summed E-state index contributed by atoms with van der Waals surface area (Å²) in [7, 11) is 1.36. The van der Waals surface area contributed by atoms with Crippen LogP contribution in [0.4, 0.5) is 0 Å². The first-order chi connectivity index (χ1) is 11.6. The molecule has 0 aliphatic carbocycles. The Morgan fingerprint density at radius 1 is 0.917 bits per heavy atom. The van der Waals surface area contributed by atoms with Crippen molar-refractivity contribution in [3.63, 3.8) is 0 Å². The highest BCUT2D eigenvalue weighted by Crippen LogP contribution is 2.21. The van der Waals surface area contributed by atoms with Crippen LogP contribution in [0.5, 0.6) is 0 Å². The second-order valence-corrected chi connectivity index (χ2v) is 7.38. The maximum Gasteiger partial charge on any atom is 0.544 e. The number of carbonyl (C=O) groups excluding carboxylic acids is 1. The van der Waals surface area contributed by atoms with Gasteiger partial charge in [-0.3, -0.25) is 0 Å². The van der Waals surface area contributed by atoms with Crippen LogP contribution in [0, 0.1) is 0 Å². The van der Waals surface area contributed by atoms with Crippen LogP contribution in [0.25, 0.3) is 0 Å². The van der Waals surface area contributed by atoms with E-state index in [1.165, 1.54) is 0 Å². The molecule has 24 heavy (non-hydrogen) atoms. The van der Waals surface area contributed by atoms with E-state index in [2.05, 4.69) is 6.58 Å². The fourth-order valence-corrected chi connectivity index (χ4v) is 4.47. The molecular weight excluding hydrogens is 336 g/mol. The lowest BCUT2D eigenvalue weighted by molar-refractivity contribution is -0.143. The van der Waals surface area contributed by atoms with Gasteiger partial charge in [0.05, 0.1) is 39.6 Å². The van der Waals surface area contributed by atoms with Crippen LogP contribution < -0.4 is 0 Å². The molecule has 0 aliphatic rings. The van der Waals surface area contributed by atoms with Crippen LogP contribution in [0.15, 0.2) is 12.7 Å². The van der Waals surface area contributed by atoms with Gasteiger partial charge >= 0.3 is 14.8 Å². The Balaban J connectivity index is 5.26. The van der Waals surface area contributed by atoms with E-state index in [-0.39, 0.29) is 19.8 Å². The van der Waals surface area contributed by atoms with Crippen molar-refractivity contribution in [3.05, 3.63) is 12.7 Å². The first-order valence-corrected chi connectivity index (χ1v) is 9.62. The molecule has 0 saturated carbocycles. The largest absolute Gasteiger partial charge is 0.544 e. The van der Waals surface area contributed by atoms with Gasteiger partial charge in [-0.15, -0.1) is 0 Å². The molecule has 0 spiro atoms. The summed E-state index contributed by atoms with van der Waals surface area (Å²) in [6, 6.07) is 0. The highest BCUT2D eigenvalue weighted by molar-refractivity contribution is 6.62. The Morgan fingerprint density at radius 3 is 1.62 bits per heavy atom. The molecule has 1 atom stereocenters. The van der Waals surface area contributed by atoms with Crippen LogP contribution in [0.2, 0.25) is 0 Å². The highest BCUT2D eigenvalue weighted by atomic mass is 28.4. The summed E-state index contributed by atoms with van der Waals surface area (Å²) < 4.78 is 38.2. The van der Waals surface area contributed by atoms with Crippen LogP contribution in [-0.2, 0) is 37.0 Å². The molecule has 142 valence electrons. The number of hydrogen-bond donors (Lipinski definition) is 0. The van der Waals surface area contributed by atoms with Crippen molar-refractivity contribution in [3.8, 4) is 0 Å². The second kappa shape index (κ2) is 14.5. The third kappa shape index (κ3) is 8.88. The van der Waals surface area contributed by atoms with Gasteiger partial charge in [0, 0.05) is 27.4 Å². The lowest BCUT2D eigenvalue weighted by Crippen LogP contribution is -2.59. The summed E-state index contributed by atoms with van der Waals surface area (Å²) in [5, 5.41) is 0. The van der Waals surface area contributed by atoms with Gasteiger partial charge in [0.25, 0.3) is 0 Å². The molecule has 0 saturated heterocycles. The average Bonchev–Trinajstić information content (AvgIpc) is 2.59. The normalized spacial score (nSPS) is 12.8. The smallest absolute Gasteiger partial charge is 0.455 e. The molecule has 0 fully saturated rings. The van der Waals surface area contributed by atoms with Gasteiger partial charge in [-0.05, 0) is 6.42 Å². The van der Waals surface area contributed by atoms with E-state index >= 15 is 0 Å². The average molecular weight is 366 g/mol. The zero-order chi connectivity index (χ0) is 18.3. The van der Waals surface area contributed by atoms with Crippen LogP contribution >= 0.6 is 0 Å². The second-order valence-electron chi connectivity index (χ2n) is 4.67. The standard InChI is InChI=1S/C15H30O8Si/c1-6-14(16)23-15(7-2)24(20-11-8-17-3,21-12-9-18-4)22-13-10-19-5/h6,15H,1,7-13H2,2-5H3. The summed E-state index contributed by atoms with van der Waals surface area (Å²) in [5.41, 5.74) is -0.659. The van der Waals surface area contributed by atoms with Crippen molar-refractivity contribution in [1.29, 1.82) is 0 Å². The maximum absolute atomic E-state index is 11.7. The lowest BCUT2D eigenvalue weighted by atomic mass is 10.5. The van der Waals surface area contributed by atoms with Gasteiger partial charge in [-0.25, -0.2) is 4.79 Å².